The normalized spacial score (nSPS) is 19.2. The zero-order valence-electron chi connectivity index (χ0n) is 11.5. The molecule has 0 saturated carbocycles. The van der Waals surface area contributed by atoms with Crippen LogP contribution in [0.2, 0.25) is 0 Å². The van der Waals surface area contributed by atoms with Crippen LogP contribution in [0.3, 0.4) is 0 Å². The molecular weight excluding hydrogens is 274 g/mol. The maximum atomic E-state index is 12.1. The molecule has 2 N–H and O–H groups in total. The number of carbonyl (C=O) groups excluding carboxylic acids is 1. The number of hydrogen-bond donors (Lipinski definition) is 2. The lowest BCUT2D eigenvalue weighted by Crippen LogP contribution is -2.38. The van der Waals surface area contributed by atoms with E-state index in [2.05, 4.69) is 17.2 Å². The van der Waals surface area contributed by atoms with Gasteiger partial charge in [0.2, 0.25) is 0 Å². The van der Waals surface area contributed by atoms with E-state index < -0.39 is 0 Å². The van der Waals surface area contributed by atoms with Crippen LogP contribution in [-0.2, 0) is 4.74 Å². The molecule has 0 aromatic carbocycles. The molecule has 1 saturated heterocycles. The van der Waals surface area contributed by atoms with Crippen molar-refractivity contribution in [3.63, 3.8) is 0 Å². The van der Waals surface area contributed by atoms with Gasteiger partial charge in [-0.05, 0) is 25.5 Å². The summed E-state index contributed by atoms with van der Waals surface area (Å²) >= 11 is 1.38. The van der Waals surface area contributed by atoms with Crippen LogP contribution in [0.1, 0.15) is 34.3 Å². The summed E-state index contributed by atoms with van der Waals surface area (Å²) in [5.74, 6) is 6.14. The molecule has 0 bridgehead atoms. The monoisotopic (exact) mass is 293 g/mol. The second-order valence-corrected chi connectivity index (χ2v) is 5.91. The Balaban J connectivity index is 1.90. The van der Waals surface area contributed by atoms with Crippen LogP contribution in [0, 0.1) is 17.8 Å². The number of aliphatic hydroxyl groups is 1. The fourth-order valence-electron chi connectivity index (χ4n) is 2.08. The third kappa shape index (κ3) is 4.07. The van der Waals surface area contributed by atoms with Gasteiger partial charge in [-0.15, -0.1) is 11.3 Å². The molecule has 2 rings (SSSR count). The molecule has 0 spiro atoms. The Hall–Kier alpha value is -1.35. The van der Waals surface area contributed by atoms with Crippen molar-refractivity contribution in [2.24, 2.45) is 5.92 Å². The van der Waals surface area contributed by atoms with Gasteiger partial charge >= 0.3 is 0 Å². The van der Waals surface area contributed by atoms with E-state index in [-0.39, 0.29) is 18.6 Å². The van der Waals surface area contributed by atoms with Crippen molar-refractivity contribution in [2.45, 2.75) is 25.8 Å². The topological polar surface area (TPSA) is 58.6 Å². The molecule has 2 heterocycles. The maximum absolute atomic E-state index is 12.1. The van der Waals surface area contributed by atoms with Crippen LogP contribution in [0.15, 0.2) is 12.1 Å². The van der Waals surface area contributed by atoms with E-state index >= 15 is 0 Å². The number of thiophene rings is 1. The number of aliphatic hydroxyl groups excluding tert-OH is 1. The first kappa shape index (κ1) is 15.0. The maximum Gasteiger partial charge on any atom is 0.261 e. The van der Waals surface area contributed by atoms with Gasteiger partial charge in [0, 0.05) is 25.0 Å². The van der Waals surface area contributed by atoms with Gasteiger partial charge in [-0.2, -0.15) is 0 Å². The number of nitrogens with one attached hydrogen (secondary N) is 1. The number of carbonyl (C=O) groups is 1. The standard InChI is InChI=1S/C15H19NO3S/c1-11(12-7-9-19-10-12)16-15(18)14-6-5-13(20-14)4-2-3-8-17/h5-6,11-12,17H,3,7-10H2,1H3,(H,16,18). The molecule has 1 aliphatic rings. The van der Waals surface area contributed by atoms with Crippen LogP contribution >= 0.6 is 11.3 Å². The van der Waals surface area contributed by atoms with Crippen molar-refractivity contribution in [3.05, 3.63) is 21.9 Å². The third-order valence-electron chi connectivity index (χ3n) is 3.31. The van der Waals surface area contributed by atoms with Crippen molar-refractivity contribution in [1.82, 2.24) is 5.32 Å². The van der Waals surface area contributed by atoms with Crippen LogP contribution in [0.25, 0.3) is 0 Å². The molecule has 4 nitrogen and oxygen atoms in total. The Morgan fingerprint density at radius 1 is 1.65 bits per heavy atom. The summed E-state index contributed by atoms with van der Waals surface area (Å²) in [6, 6.07) is 3.75. The summed E-state index contributed by atoms with van der Waals surface area (Å²) in [5.41, 5.74) is 0. The van der Waals surface area contributed by atoms with Gasteiger partial charge in [-0.25, -0.2) is 0 Å². The lowest BCUT2D eigenvalue weighted by molar-refractivity contribution is 0.0926. The van der Waals surface area contributed by atoms with Crippen LogP contribution in [0.4, 0.5) is 0 Å². The van der Waals surface area contributed by atoms with Gasteiger partial charge in [0.1, 0.15) is 0 Å². The molecule has 1 aliphatic heterocycles. The molecule has 1 amide bonds. The summed E-state index contributed by atoms with van der Waals surface area (Å²) in [6.45, 7) is 3.59. The Kier molecular flexibility index (Phi) is 5.60. The first-order chi connectivity index (χ1) is 9.70. The highest BCUT2D eigenvalue weighted by Crippen LogP contribution is 2.19. The summed E-state index contributed by atoms with van der Waals surface area (Å²) in [7, 11) is 0. The Bertz CT molecular complexity index is 509. The second-order valence-electron chi connectivity index (χ2n) is 4.83. The zero-order valence-corrected chi connectivity index (χ0v) is 12.3. The Labute approximate surface area is 123 Å². The lowest BCUT2D eigenvalue weighted by Gasteiger charge is -2.18. The van der Waals surface area contributed by atoms with Crippen molar-refractivity contribution < 1.29 is 14.6 Å². The number of ether oxygens (including phenoxy) is 1. The smallest absolute Gasteiger partial charge is 0.261 e. The quantitative estimate of drug-likeness (QED) is 0.830. The molecule has 1 aromatic heterocycles. The minimum Gasteiger partial charge on any atom is -0.395 e. The molecule has 108 valence electrons. The first-order valence-electron chi connectivity index (χ1n) is 6.79. The van der Waals surface area contributed by atoms with E-state index in [9.17, 15) is 4.79 Å². The van der Waals surface area contributed by atoms with Crippen LogP contribution in [-0.4, -0.2) is 36.9 Å². The largest absolute Gasteiger partial charge is 0.395 e. The van der Waals surface area contributed by atoms with Gasteiger partial charge in [0.25, 0.3) is 5.91 Å². The van der Waals surface area contributed by atoms with Crippen molar-refractivity contribution in [2.75, 3.05) is 19.8 Å². The average molecular weight is 293 g/mol. The SMILES string of the molecule is CC(NC(=O)c1ccc(C#CCCO)s1)C1CCOC1. The molecular formula is C15H19NO3S. The molecule has 0 radical (unpaired) electrons. The molecule has 5 heteroatoms. The van der Waals surface area contributed by atoms with Gasteiger partial charge in [-0.3, -0.25) is 4.79 Å². The number of rotatable bonds is 4. The Morgan fingerprint density at radius 3 is 3.20 bits per heavy atom. The molecule has 2 atom stereocenters. The lowest BCUT2D eigenvalue weighted by atomic mass is 10.0. The average Bonchev–Trinajstić information content (AvgIpc) is 3.10. The highest BCUT2D eigenvalue weighted by Gasteiger charge is 2.24. The van der Waals surface area contributed by atoms with E-state index in [0.717, 1.165) is 24.5 Å². The summed E-state index contributed by atoms with van der Waals surface area (Å²) in [6.07, 6.45) is 1.46. The van der Waals surface area contributed by atoms with Crippen LogP contribution < -0.4 is 5.32 Å². The number of amides is 1. The van der Waals surface area contributed by atoms with E-state index in [1.54, 1.807) is 6.07 Å². The van der Waals surface area contributed by atoms with E-state index in [4.69, 9.17) is 9.84 Å². The molecule has 2 unspecified atom stereocenters. The highest BCUT2D eigenvalue weighted by molar-refractivity contribution is 7.14. The summed E-state index contributed by atoms with van der Waals surface area (Å²) in [4.78, 5) is 13.6. The summed E-state index contributed by atoms with van der Waals surface area (Å²) in [5, 5.41) is 11.7. The van der Waals surface area contributed by atoms with Crippen LogP contribution in [0.5, 0.6) is 0 Å². The van der Waals surface area contributed by atoms with E-state index in [1.807, 2.05) is 13.0 Å². The molecule has 1 fully saturated rings. The fourth-order valence-corrected chi connectivity index (χ4v) is 2.86. The minimum atomic E-state index is -0.0513. The second kappa shape index (κ2) is 7.44. The number of hydrogen-bond acceptors (Lipinski definition) is 4. The zero-order chi connectivity index (χ0) is 14.4. The van der Waals surface area contributed by atoms with Crippen molar-refractivity contribution in [1.29, 1.82) is 0 Å². The predicted octanol–water partition coefficient (Wildman–Crippen LogP) is 1.64. The highest BCUT2D eigenvalue weighted by atomic mass is 32.1. The Morgan fingerprint density at radius 2 is 2.50 bits per heavy atom. The van der Waals surface area contributed by atoms with Gasteiger partial charge in [0.05, 0.1) is 23.0 Å². The predicted molar refractivity (Wildman–Crippen MR) is 78.8 cm³/mol. The van der Waals surface area contributed by atoms with Crippen molar-refractivity contribution >= 4 is 17.2 Å². The van der Waals surface area contributed by atoms with Gasteiger partial charge in [0.15, 0.2) is 0 Å². The molecule has 1 aromatic rings. The van der Waals surface area contributed by atoms with Gasteiger partial charge < -0.3 is 15.2 Å². The van der Waals surface area contributed by atoms with Crippen molar-refractivity contribution in [3.8, 4) is 11.8 Å². The first-order valence-corrected chi connectivity index (χ1v) is 7.60. The minimum absolute atomic E-state index is 0.0513. The molecule has 0 aliphatic carbocycles. The van der Waals surface area contributed by atoms with Gasteiger partial charge in [-0.1, -0.05) is 11.8 Å². The summed E-state index contributed by atoms with van der Waals surface area (Å²) < 4.78 is 5.34. The molecule has 20 heavy (non-hydrogen) atoms. The third-order valence-corrected chi connectivity index (χ3v) is 4.31. The van der Waals surface area contributed by atoms with E-state index in [0.29, 0.717) is 17.2 Å². The fraction of sp³-hybridized carbons (Fsp3) is 0.533. The van der Waals surface area contributed by atoms with E-state index in [1.165, 1.54) is 11.3 Å².